The summed E-state index contributed by atoms with van der Waals surface area (Å²) in [7, 11) is 0. The highest BCUT2D eigenvalue weighted by Crippen LogP contribution is 2.11. The van der Waals surface area contributed by atoms with Crippen LogP contribution in [0.3, 0.4) is 0 Å². The van der Waals surface area contributed by atoms with Crippen LogP contribution < -0.4 is 10.1 Å². The lowest BCUT2D eigenvalue weighted by Gasteiger charge is -2.08. The number of ether oxygens (including phenoxy) is 1. The van der Waals surface area contributed by atoms with Crippen LogP contribution in [0.15, 0.2) is 42.6 Å². The number of hydrogen-bond donors (Lipinski definition) is 2. The van der Waals surface area contributed by atoms with Gasteiger partial charge in [0.05, 0.1) is 5.56 Å². The molecule has 5 nitrogen and oxygen atoms in total. The predicted octanol–water partition coefficient (Wildman–Crippen LogP) is 2.26. The summed E-state index contributed by atoms with van der Waals surface area (Å²) in [5, 5.41) is 12.1. The van der Waals surface area contributed by atoms with E-state index in [-0.39, 0.29) is 5.56 Å². The van der Waals surface area contributed by atoms with E-state index >= 15 is 0 Å². The number of hydrogen-bond acceptors (Lipinski definition) is 4. The summed E-state index contributed by atoms with van der Waals surface area (Å²) in [6.07, 6.45) is 1.85. The number of carboxylic acid groups (broad SMARTS) is 1. The lowest BCUT2D eigenvalue weighted by Crippen LogP contribution is -2.20. The lowest BCUT2D eigenvalue weighted by atomic mass is 10.2. The number of pyridine rings is 1. The van der Waals surface area contributed by atoms with Crippen molar-refractivity contribution in [1.29, 1.82) is 0 Å². The number of aromatic nitrogens is 1. The SMILES string of the molecule is Cc1ccc(CNCCOc2ccc(C(=O)O)cc2)cn1. The second-order valence-corrected chi connectivity index (χ2v) is 4.66. The van der Waals surface area contributed by atoms with Gasteiger partial charge in [-0.1, -0.05) is 6.07 Å². The van der Waals surface area contributed by atoms with Crippen LogP contribution in [0.2, 0.25) is 0 Å². The maximum atomic E-state index is 10.7. The summed E-state index contributed by atoms with van der Waals surface area (Å²) in [5.74, 6) is -0.270. The van der Waals surface area contributed by atoms with Crippen LogP contribution in [0.5, 0.6) is 5.75 Å². The predicted molar refractivity (Wildman–Crippen MR) is 79.6 cm³/mol. The highest BCUT2D eigenvalue weighted by Gasteiger charge is 2.01. The van der Waals surface area contributed by atoms with Crippen LogP contribution in [0.25, 0.3) is 0 Å². The topological polar surface area (TPSA) is 71.5 Å². The maximum absolute atomic E-state index is 10.7. The van der Waals surface area contributed by atoms with Crippen molar-refractivity contribution in [1.82, 2.24) is 10.3 Å². The Labute approximate surface area is 123 Å². The molecule has 2 rings (SSSR count). The number of carboxylic acids is 1. The summed E-state index contributed by atoms with van der Waals surface area (Å²) >= 11 is 0. The molecule has 5 heteroatoms. The Kier molecular flexibility index (Phi) is 5.29. The minimum atomic E-state index is -0.935. The lowest BCUT2D eigenvalue weighted by molar-refractivity contribution is 0.0697. The van der Waals surface area contributed by atoms with Crippen molar-refractivity contribution in [3.8, 4) is 5.75 Å². The first-order chi connectivity index (χ1) is 10.1. The van der Waals surface area contributed by atoms with Gasteiger partial charge in [0.1, 0.15) is 12.4 Å². The zero-order valence-electron chi connectivity index (χ0n) is 11.9. The molecule has 0 bridgehead atoms. The summed E-state index contributed by atoms with van der Waals surface area (Å²) < 4.78 is 5.53. The van der Waals surface area contributed by atoms with Crippen LogP contribution >= 0.6 is 0 Å². The molecule has 0 unspecified atom stereocenters. The maximum Gasteiger partial charge on any atom is 0.335 e. The number of aromatic carboxylic acids is 1. The molecule has 0 saturated carbocycles. The van der Waals surface area contributed by atoms with Gasteiger partial charge in [-0.25, -0.2) is 4.79 Å². The quantitative estimate of drug-likeness (QED) is 0.764. The Morgan fingerprint density at radius 2 is 2.00 bits per heavy atom. The van der Waals surface area contributed by atoms with Gasteiger partial charge in [0.15, 0.2) is 0 Å². The fraction of sp³-hybridized carbons (Fsp3) is 0.250. The minimum Gasteiger partial charge on any atom is -0.492 e. The molecule has 2 N–H and O–H groups in total. The fourth-order valence-corrected chi connectivity index (χ4v) is 1.77. The van der Waals surface area contributed by atoms with Gasteiger partial charge in [0.2, 0.25) is 0 Å². The van der Waals surface area contributed by atoms with Gasteiger partial charge in [-0.15, -0.1) is 0 Å². The monoisotopic (exact) mass is 286 g/mol. The highest BCUT2D eigenvalue weighted by molar-refractivity contribution is 5.87. The Bertz CT molecular complexity index is 579. The molecule has 110 valence electrons. The molecular weight excluding hydrogens is 268 g/mol. The molecule has 0 saturated heterocycles. The van der Waals surface area contributed by atoms with Crippen LogP contribution in [-0.2, 0) is 6.54 Å². The van der Waals surface area contributed by atoms with E-state index in [0.29, 0.717) is 18.9 Å². The Balaban J connectivity index is 1.67. The van der Waals surface area contributed by atoms with Crippen LogP contribution in [0, 0.1) is 6.92 Å². The molecule has 0 atom stereocenters. The van der Waals surface area contributed by atoms with E-state index in [4.69, 9.17) is 9.84 Å². The van der Waals surface area contributed by atoms with Crippen LogP contribution in [0.1, 0.15) is 21.6 Å². The smallest absolute Gasteiger partial charge is 0.335 e. The Morgan fingerprint density at radius 3 is 2.62 bits per heavy atom. The van der Waals surface area contributed by atoms with Crippen molar-refractivity contribution in [3.63, 3.8) is 0 Å². The number of aryl methyl sites for hydroxylation is 1. The van der Waals surface area contributed by atoms with Gasteiger partial charge in [-0.2, -0.15) is 0 Å². The molecule has 0 amide bonds. The van der Waals surface area contributed by atoms with Crippen LogP contribution in [-0.4, -0.2) is 29.2 Å². The Morgan fingerprint density at radius 1 is 1.24 bits per heavy atom. The van der Waals surface area contributed by atoms with E-state index < -0.39 is 5.97 Å². The van der Waals surface area contributed by atoms with Gasteiger partial charge in [-0.3, -0.25) is 4.98 Å². The van der Waals surface area contributed by atoms with E-state index in [2.05, 4.69) is 10.3 Å². The van der Waals surface area contributed by atoms with Gasteiger partial charge in [-0.05, 0) is 42.8 Å². The summed E-state index contributed by atoms with van der Waals surface area (Å²) in [6, 6.07) is 10.4. The molecule has 0 radical (unpaired) electrons. The summed E-state index contributed by atoms with van der Waals surface area (Å²) in [4.78, 5) is 14.9. The standard InChI is InChI=1S/C16H18N2O3/c1-12-2-3-13(11-18-12)10-17-8-9-21-15-6-4-14(5-7-15)16(19)20/h2-7,11,17H,8-10H2,1H3,(H,19,20). The first-order valence-electron chi connectivity index (χ1n) is 6.73. The van der Waals surface area contributed by atoms with E-state index in [0.717, 1.165) is 17.8 Å². The van der Waals surface area contributed by atoms with Gasteiger partial charge < -0.3 is 15.2 Å². The largest absolute Gasteiger partial charge is 0.492 e. The summed E-state index contributed by atoms with van der Waals surface area (Å²) in [5.41, 5.74) is 2.39. The molecule has 1 heterocycles. The van der Waals surface area contributed by atoms with Crippen molar-refractivity contribution in [2.45, 2.75) is 13.5 Å². The number of rotatable bonds is 7. The third-order valence-corrected chi connectivity index (χ3v) is 2.95. The van der Waals surface area contributed by atoms with Crippen molar-refractivity contribution >= 4 is 5.97 Å². The average Bonchev–Trinajstić information content (AvgIpc) is 2.49. The minimum absolute atomic E-state index is 0.257. The normalized spacial score (nSPS) is 10.3. The highest BCUT2D eigenvalue weighted by atomic mass is 16.5. The zero-order valence-corrected chi connectivity index (χ0v) is 11.9. The second kappa shape index (κ2) is 7.40. The second-order valence-electron chi connectivity index (χ2n) is 4.66. The van der Waals surface area contributed by atoms with E-state index in [1.54, 1.807) is 12.1 Å². The Hall–Kier alpha value is -2.40. The first-order valence-corrected chi connectivity index (χ1v) is 6.73. The molecule has 2 aromatic rings. The fourth-order valence-electron chi connectivity index (χ4n) is 1.77. The van der Waals surface area contributed by atoms with E-state index in [1.165, 1.54) is 12.1 Å². The third-order valence-electron chi connectivity index (χ3n) is 2.95. The molecule has 0 aliphatic heterocycles. The van der Waals surface area contributed by atoms with Gasteiger partial charge >= 0.3 is 5.97 Å². The van der Waals surface area contributed by atoms with Crippen molar-refractivity contribution in [3.05, 3.63) is 59.4 Å². The van der Waals surface area contributed by atoms with E-state index in [1.807, 2.05) is 25.3 Å². The van der Waals surface area contributed by atoms with Crippen LogP contribution in [0.4, 0.5) is 0 Å². The number of benzene rings is 1. The molecule has 0 spiro atoms. The molecular formula is C16H18N2O3. The van der Waals surface area contributed by atoms with Crippen molar-refractivity contribution in [2.24, 2.45) is 0 Å². The number of nitrogens with zero attached hydrogens (tertiary/aromatic N) is 1. The number of carbonyl (C=O) groups is 1. The van der Waals surface area contributed by atoms with Gasteiger partial charge in [0.25, 0.3) is 0 Å². The number of nitrogens with one attached hydrogen (secondary N) is 1. The van der Waals surface area contributed by atoms with Gasteiger partial charge in [0, 0.05) is 25.0 Å². The third kappa shape index (κ3) is 4.89. The average molecular weight is 286 g/mol. The molecule has 21 heavy (non-hydrogen) atoms. The first kappa shape index (κ1) is 15.0. The molecule has 1 aromatic carbocycles. The molecule has 0 aliphatic carbocycles. The summed E-state index contributed by atoms with van der Waals surface area (Å²) in [6.45, 7) is 3.93. The molecule has 1 aromatic heterocycles. The van der Waals surface area contributed by atoms with E-state index in [9.17, 15) is 4.79 Å². The van der Waals surface area contributed by atoms with Crippen molar-refractivity contribution in [2.75, 3.05) is 13.2 Å². The zero-order chi connectivity index (χ0) is 15.1. The molecule has 0 fully saturated rings. The van der Waals surface area contributed by atoms with Crippen molar-refractivity contribution < 1.29 is 14.6 Å². The molecule has 0 aliphatic rings.